The monoisotopic (exact) mass is 691 g/mol. The summed E-state index contributed by atoms with van der Waals surface area (Å²) in [4.78, 5) is 2.53. The first kappa shape index (κ1) is 32.2. The molecule has 8 aromatic rings. The van der Waals surface area contributed by atoms with E-state index in [1.54, 1.807) is 0 Å². The molecule has 0 unspecified atom stereocenters. The molecule has 0 saturated heterocycles. The van der Waals surface area contributed by atoms with Crippen molar-refractivity contribution in [3.05, 3.63) is 210 Å². The number of rotatable bonds is 6. The summed E-state index contributed by atoms with van der Waals surface area (Å²) in [6, 6.07) is 67.2. The maximum atomic E-state index is 2.53. The Morgan fingerprint density at radius 2 is 1.13 bits per heavy atom. The smallest absolute Gasteiger partial charge is 0.0537 e. The fourth-order valence-electron chi connectivity index (χ4n) is 9.15. The number of hydrogen-bond donors (Lipinski definition) is 0. The lowest BCUT2D eigenvalue weighted by molar-refractivity contribution is 0.660. The molecule has 0 N–H and O–H groups in total. The molecule has 10 rings (SSSR count). The Labute approximate surface area is 318 Å². The van der Waals surface area contributed by atoms with E-state index in [2.05, 4.69) is 207 Å². The molecule has 0 heterocycles. The van der Waals surface area contributed by atoms with Gasteiger partial charge in [0.25, 0.3) is 0 Å². The van der Waals surface area contributed by atoms with E-state index < -0.39 is 0 Å². The highest BCUT2D eigenvalue weighted by molar-refractivity contribution is 6.04. The third-order valence-corrected chi connectivity index (χ3v) is 11.8. The van der Waals surface area contributed by atoms with Gasteiger partial charge in [0.15, 0.2) is 0 Å². The second kappa shape index (κ2) is 12.9. The van der Waals surface area contributed by atoms with Crippen molar-refractivity contribution in [3.63, 3.8) is 0 Å². The SMILES string of the molecule is CC1(C)c2ccccc2-c2c(-c3ccccc3N(C3=Cc4ccccc4CC3)c3ccc(-c4ccc5ccccc5c4-c4ccccc4)cc3)cccc21. The average Bonchev–Trinajstić information content (AvgIpc) is 3.47. The minimum atomic E-state index is -0.0661. The number of nitrogens with zero attached hydrogens (tertiary/aromatic N) is 1. The average molecular weight is 692 g/mol. The zero-order chi connectivity index (χ0) is 36.2. The highest BCUT2D eigenvalue weighted by Gasteiger charge is 2.37. The standard InChI is InChI=1S/C53H41N/c1-53(2)48-24-12-10-22-47(48)52-46(23-14-25-49(52)53)45-21-11-13-26-50(45)54(42-33-27-36-15-6-7-19-40(36)35-42)41-31-28-38(29-32-41)44-34-30-37-16-8-9-20-43(37)51(44)39-17-4-3-5-18-39/h3-26,28-32,34-35H,27,33H2,1-2H3. The Morgan fingerprint density at radius 1 is 0.444 bits per heavy atom. The second-order valence-corrected chi connectivity index (χ2v) is 15.2. The van der Waals surface area contributed by atoms with Crippen LogP contribution in [-0.4, -0.2) is 0 Å². The fraction of sp³-hybridized carbons (Fsp3) is 0.0943. The van der Waals surface area contributed by atoms with Gasteiger partial charge in [0.2, 0.25) is 0 Å². The van der Waals surface area contributed by atoms with Crippen molar-refractivity contribution >= 4 is 28.2 Å². The summed E-state index contributed by atoms with van der Waals surface area (Å²) in [5.41, 5.74) is 19.3. The van der Waals surface area contributed by atoms with Crippen LogP contribution in [0.3, 0.4) is 0 Å². The quantitative estimate of drug-likeness (QED) is 0.168. The van der Waals surface area contributed by atoms with Gasteiger partial charge in [-0.3, -0.25) is 0 Å². The van der Waals surface area contributed by atoms with Gasteiger partial charge in [-0.15, -0.1) is 0 Å². The fourth-order valence-corrected chi connectivity index (χ4v) is 9.15. The van der Waals surface area contributed by atoms with Crippen LogP contribution in [0.2, 0.25) is 0 Å². The summed E-state index contributed by atoms with van der Waals surface area (Å²) in [7, 11) is 0. The van der Waals surface area contributed by atoms with E-state index >= 15 is 0 Å². The Balaban J connectivity index is 1.15. The van der Waals surface area contributed by atoms with Crippen LogP contribution >= 0.6 is 0 Å². The predicted octanol–water partition coefficient (Wildman–Crippen LogP) is 14.3. The molecule has 0 amide bonds. The maximum Gasteiger partial charge on any atom is 0.0537 e. The number of aryl methyl sites for hydroxylation is 1. The lowest BCUT2D eigenvalue weighted by Crippen LogP contribution is -2.20. The first-order valence-corrected chi connectivity index (χ1v) is 19.2. The number of hydrogen-bond acceptors (Lipinski definition) is 1. The maximum absolute atomic E-state index is 2.53. The van der Waals surface area contributed by atoms with Crippen molar-refractivity contribution in [1.29, 1.82) is 0 Å². The van der Waals surface area contributed by atoms with E-state index in [-0.39, 0.29) is 5.41 Å². The second-order valence-electron chi connectivity index (χ2n) is 15.2. The molecule has 0 bridgehead atoms. The highest BCUT2D eigenvalue weighted by Crippen LogP contribution is 2.53. The first-order chi connectivity index (χ1) is 26.6. The van der Waals surface area contributed by atoms with E-state index in [1.165, 1.54) is 88.9 Å². The van der Waals surface area contributed by atoms with E-state index in [9.17, 15) is 0 Å². The summed E-state index contributed by atoms with van der Waals surface area (Å²) in [6.45, 7) is 4.73. The molecule has 0 aliphatic heterocycles. The van der Waals surface area contributed by atoms with Crippen molar-refractivity contribution in [1.82, 2.24) is 0 Å². The Hall–Kier alpha value is -6.44. The summed E-state index contributed by atoms with van der Waals surface area (Å²) in [5.74, 6) is 0. The van der Waals surface area contributed by atoms with Crippen molar-refractivity contribution in [3.8, 4) is 44.5 Å². The number of fused-ring (bicyclic) bond motifs is 5. The topological polar surface area (TPSA) is 3.24 Å². The minimum Gasteiger partial charge on any atom is -0.314 e. The van der Waals surface area contributed by atoms with Crippen LogP contribution in [0.5, 0.6) is 0 Å². The van der Waals surface area contributed by atoms with Gasteiger partial charge in [0.1, 0.15) is 0 Å². The minimum absolute atomic E-state index is 0.0661. The first-order valence-electron chi connectivity index (χ1n) is 19.2. The van der Waals surface area contributed by atoms with E-state index in [4.69, 9.17) is 0 Å². The van der Waals surface area contributed by atoms with Gasteiger partial charge in [-0.2, -0.15) is 0 Å². The molecule has 0 aromatic heterocycles. The molecule has 258 valence electrons. The van der Waals surface area contributed by atoms with Gasteiger partial charge in [-0.25, -0.2) is 0 Å². The highest BCUT2D eigenvalue weighted by atomic mass is 15.2. The molecule has 0 spiro atoms. The molecule has 0 atom stereocenters. The van der Waals surface area contributed by atoms with Gasteiger partial charge in [-0.1, -0.05) is 178 Å². The number of anilines is 2. The molecule has 1 heteroatoms. The number of benzene rings is 8. The molecule has 8 aromatic carbocycles. The Kier molecular flexibility index (Phi) is 7.70. The van der Waals surface area contributed by atoms with Crippen LogP contribution in [0.25, 0.3) is 61.4 Å². The zero-order valence-corrected chi connectivity index (χ0v) is 30.8. The summed E-state index contributed by atoms with van der Waals surface area (Å²) >= 11 is 0. The van der Waals surface area contributed by atoms with E-state index in [0.717, 1.165) is 18.5 Å². The van der Waals surface area contributed by atoms with E-state index in [0.29, 0.717) is 0 Å². The van der Waals surface area contributed by atoms with Gasteiger partial charge in [0, 0.05) is 22.4 Å². The van der Waals surface area contributed by atoms with Crippen molar-refractivity contribution in [2.24, 2.45) is 0 Å². The summed E-state index contributed by atoms with van der Waals surface area (Å²) in [5, 5.41) is 2.52. The van der Waals surface area contributed by atoms with Gasteiger partial charge < -0.3 is 4.90 Å². The number of para-hydroxylation sites is 1. The van der Waals surface area contributed by atoms with Crippen molar-refractivity contribution < 1.29 is 0 Å². The van der Waals surface area contributed by atoms with Gasteiger partial charge >= 0.3 is 0 Å². The molecular formula is C53H41N. The molecular weight excluding hydrogens is 651 g/mol. The van der Waals surface area contributed by atoms with Crippen LogP contribution in [0.1, 0.15) is 42.5 Å². The molecule has 2 aliphatic carbocycles. The molecule has 2 aliphatic rings. The van der Waals surface area contributed by atoms with Crippen LogP contribution in [-0.2, 0) is 11.8 Å². The summed E-state index contributed by atoms with van der Waals surface area (Å²) in [6.07, 6.45) is 4.38. The van der Waals surface area contributed by atoms with Gasteiger partial charge in [-0.05, 0) is 109 Å². The largest absolute Gasteiger partial charge is 0.314 e. The Bertz CT molecular complexity index is 2730. The third kappa shape index (κ3) is 5.23. The summed E-state index contributed by atoms with van der Waals surface area (Å²) < 4.78 is 0. The Morgan fingerprint density at radius 3 is 2.00 bits per heavy atom. The van der Waals surface area contributed by atoms with Gasteiger partial charge in [0.05, 0.1) is 5.69 Å². The zero-order valence-electron chi connectivity index (χ0n) is 30.8. The van der Waals surface area contributed by atoms with Crippen LogP contribution in [0, 0.1) is 0 Å². The molecule has 0 fully saturated rings. The van der Waals surface area contributed by atoms with E-state index in [1.807, 2.05) is 0 Å². The van der Waals surface area contributed by atoms with Crippen LogP contribution in [0.4, 0.5) is 11.4 Å². The third-order valence-electron chi connectivity index (χ3n) is 11.8. The van der Waals surface area contributed by atoms with Crippen molar-refractivity contribution in [2.45, 2.75) is 32.1 Å². The molecule has 0 radical (unpaired) electrons. The van der Waals surface area contributed by atoms with Crippen LogP contribution in [0.15, 0.2) is 188 Å². The normalized spacial score (nSPS) is 13.9. The van der Waals surface area contributed by atoms with Crippen molar-refractivity contribution in [2.75, 3.05) is 4.90 Å². The molecule has 0 saturated carbocycles. The lowest BCUT2D eigenvalue weighted by atomic mass is 9.82. The lowest BCUT2D eigenvalue weighted by Gasteiger charge is -2.32. The number of allylic oxidation sites excluding steroid dienone is 1. The molecule has 1 nitrogen and oxygen atoms in total. The van der Waals surface area contributed by atoms with Crippen LogP contribution < -0.4 is 4.90 Å². The predicted molar refractivity (Wildman–Crippen MR) is 229 cm³/mol. The molecule has 54 heavy (non-hydrogen) atoms.